The van der Waals surface area contributed by atoms with Gasteiger partial charge in [0.05, 0.1) is 18.2 Å². The number of nitrogens with one attached hydrogen (secondary N) is 2. The zero-order valence-electron chi connectivity index (χ0n) is 18.6. The van der Waals surface area contributed by atoms with Gasteiger partial charge in [-0.25, -0.2) is 4.98 Å². The van der Waals surface area contributed by atoms with Crippen molar-refractivity contribution in [2.24, 2.45) is 0 Å². The van der Waals surface area contributed by atoms with E-state index in [-0.39, 0.29) is 39.9 Å². The minimum absolute atomic E-state index is 0.0609. The third-order valence-electron chi connectivity index (χ3n) is 5.55. The van der Waals surface area contributed by atoms with Gasteiger partial charge in [0.15, 0.2) is 5.78 Å². The van der Waals surface area contributed by atoms with Gasteiger partial charge in [-0.15, -0.1) is 0 Å². The molecule has 3 aromatic rings. The molecule has 0 aliphatic carbocycles. The number of phenols is 1. The number of anilines is 1. The first-order chi connectivity index (χ1) is 16.8. The summed E-state index contributed by atoms with van der Waals surface area (Å²) in [6.45, 7) is 2.44. The molecule has 0 bridgehead atoms. The van der Waals surface area contributed by atoms with E-state index in [4.69, 9.17) is 33.3 Å². The number of hydrogen-bond acceptors (Lipinski definition) is 6. The number of phenolic OH excluding ortho intramolecular Hbond substituents is 1. The molecule has 1 saturated heterocycles. The van der Waals surface area contributed by atoms with Crippen molar-refractivity contribution in [2.45, 2.75) is 6.42 Å². The van der Waals surface area contributed by atoms with Crippen molar-refractivity contribution in [3.8, 4) is 5.75 Å². The number of hydrogen-bond donors (Lipinski definition) is 3. The highest BCUT2D eigenvalue weighted by atomic mass is 35.5. The number of amides is 1. The van der Waals surface area contributed by atoms with Crippen molar-refractivity contribution in [3.05, 3.63) is 87.0 Å². The van der Waals surface area contributed by atoms with E-state index in [1.165, 1.54) is 24.4 Å². The molecule has 1 amide bonds. The number of aromatic nitrogens is 1. The first kappa shape index (κ1) is 24.7. The van der Waals surface area contributed by atoms with Crippen LogP contribution in [0.5, 0.6) is 5.75 Å². The fourth-order valence-corrected chi connectivity index (χ4v) is 4.01. The SMILES string of the molecule is N=C(c1ccc(C(=O)Cc2c(O)cc(Cl)cc2C(=O)Nc2ccc(Cl)cn2)cc1)N1CCOCC1. The summed E-state index contributed by atoms with van der Waals surface area (Å²) >= 11 is 11.9. The Balaban J connectivity index is 1.52. The van der Waals surface area contributed by atoms with Crippen LogP contribution in [0.3, 0.4) is 0 Å². The molecule has 1 fully saturated rings. The molecule has 10 heteroatoms. The Morgan fingerprint density at radius 2 is 1.71 bits per heavy atom. The Morgan fingerprint density at radius 1 is 1.03 bits per heavy atom. The number of morpholine rings is 1. The van der Waals surface area contributed by atoms with Gasteiger partial charge in [0.1, 0.15) is 17.4 Å². The van der Waals surface area contributed by atoms with Crippen molar-refractivity contribution in [2.75, 3.05) is 31.6 Å². The van der Waals surface area contributed by atoms with E-state index >= 15 is 0 Å². The lowest BCUT2D eigenvalue weighted by Gasteiger charge is -2.29. The van der Waals surface area contributed by atoms with Crippen molar-refractivity contribution in [3.63, 3.8) is 0 Å². The van der Waals surface area contributed by atoms with Gasteiger partial charge in [0.2, 0.25) is 0 Å². The highest BCUT2D eigenvalue weighted by molar-refractivity contribution is 6.31. The van der Waals surface area contributed by atoms with Gasteiger partial charge < -0.3 is 20.1 Å². The number of carbonyl (C=O) groups excluding carboxylic acids is 2. The largest absolute Gasteiger partial charge is 0.508 e. The molecule has 0 atom stereocenters. The Kier molecular flexibility index (Phi) is 7.65. The summed E-state index contributed by atoms with van der Waals surface area (Å²) in [7, 11) is 0. The molecule has 2 heterocycles. The minimum atomic E-state index is -0.574. The molecule has 3 N–H and O–H groups in total. The van der Waals surface area contributed by atoms with E-state index in [9.17, 15) is 14.7 Å². The lowest BCUT2D eigenvalue weighted by molar-refractivity contribution is 0.0680. The number of rotatable bonds is 6. The molecule has 180 valence electrons. The summed E-state index contributed by atoms with van der Waals surface area (Å²) in [4.78, 5) is 31.9. The van der Waals surface area contributed by atoms with Gasteiger partial charge in [0.25, 0.3) is 5.91 Å². The smallest absolute Gasteiger partial charge is 0.257 e. The number of ether oxygens (including phenoxy) is 1. The van der Waals surface area contributed by atoms with Crippen molar-refractivity contribution in [1.82, 2.24) is 9.88 Å². The number of Topliss-reactive ketones (excluding diaryl/α,β-unsaturated/α-hetero) is 1. The second-order valence-electron chi connectivity index (χ2n) is 7.89. The minimum Gasteiger partial charge on any atom is -0.508 e. The molecule has 0 spiro atoms. The summed E-state index contributed by atoms with van der Waals surface area (Å²) in [6, 6.07) is 12.5. The second-order valence-corrected chi connectivity index (χ2v) is 8.77. The number of nitrogens with zero attached hydrogens (tertiary/aromatic N) is 2. The molecular formula is C25H22Cl2N4O4. The third kappa shape index (κ3) is 5.97. The summed E-state index contributed by atoms with van der Waals surface area (Å²) in [5, 5.41) is 22.1. The Hall–Kier alpha value is -3.46. The maximum absolute atomic E-state index is 13.0. The molecule has 0 radical (unpaired) electrons. The monoisotopic (exact) mass is 512 g/mol. The molecular weight excluding hydrogens is 491 g/mol. The van der Waals surface area contributed by atoms with Gasteiger partial charge in [-0.2, -0.15) is 0 Å². The number of halogens is 2. The average Bonchev–Trinajstić information content (AvgIpc) is 2.87. The third-order valence-corrected chi connectivity index (χ3v) is 5.99. The number of aromatic hydroxyl groups is 1. The zero-order valence-corrected chi connectivity index (χ0v) is 20.1. The van der Waals surface area contributed by atoms with Crippen LogP contribution in [0.2, 0.25) is 10.0 Å². The van der Waals surface area contributed by atoms with Gasteiger partial charge >= 0.3 is 0 Å². The van der Waals surface area contributed by atoms with E-state index in [1.807, 2.05) is 4.90 Å². The maximum atomic E-state index is 13.0. The second kappa shape index (κ2) is 10.9. The predicted molar refractivity (Wildman–Crippen MR) is 134 cm³/mol. The van der Waals surface area contributed by atoms with E-state index in [2.05, 4.69) is 10.3 Å². The summed E-state index contributed by atoms with van der Waals surface area (Å²) < 4.78 is 5.33. The van der Waals surface area contributed by atoms with E-state index in [0.717, 1.165) is 0 Å². The van der Waals surface area contributed by atoms with E-state index in [1.54, 1.807) is 30.3 Å². The first-order valence-corrected chi connectivity index (χ1v) is 11.6. The number of carbonyl (C=O) groups is 2. The van der Waals surface area contributed by atoms with Crippen LogP contribution in [0.15, 0.2) is 54.7 Å². The van der Waals surface area contributed by atoms with Crippen LogP contribution in [0, 0.1) is 5.41 Å². The molecule has 8 nitrogen and oxygen atoms in total. The fourth-order valence-electron chi connectivity index (χ4n) is 3.69. The highest BCUT2D eigenvalue weighted by Gasteiger charge is 2.21. The number of pyridine rings is 1. The number of ketones is 1. The van der Waals surface area contributed by atoms with Crippen LogP contribution in [0.1, 0.15) is 31.8 Å². The average molecular weight is 513 g/mol. The van der Waals surface area contributed by atoms with Gasteiger partial charge in [-0.1, -0.05) is 47.5 Å². The van der Waals surface area contributed by atoms with Crippen LogP contribution in [-0.2, 0) is 11.2 Å². The van der Waals surface area contributed by atoms with Crippen LogP contribution < -0.4 is 5.32 Å². The topological polar surface area (TPSA) is 116 Å². The lowest BCUT2D eigenvalue weighted by atomic mass is 9.96. The van der Waals surface area contributed by atoms with E-state index < -0.39 is 5.91 Å². The Morgan fingerprint density at radius 3 is 2.37 bits per heavy atom. The van der Waals surface area contributed by atoms with Crippen LogP contribution in [-0.4, -0.2) is 58.8 Å². The van der Waals surface area contributed by atoms with Crippen molar-refractivity contribution < 1.29 is 19.4 Å². The summed E-state index contributed by atoms with van der Waals surface area (Å²) in [5.74, 6) is -0.502. The molecule has 4 rings (SSSR count). The molecule has 1 aliphatic heterocycles. The van der Waals surface area contributed by atoms with Gasteiger partial charge in [-0.3, -0.25) is 15.0 Å². The summed E-state index contributed by atoms with van der Waals surface area (Å²) in [6.07, 6.45) is 1.17. The lowest BCUT2D eigenvalue weighted by Crippen LogP contribution is -2.40. The van der Waals surface area contributed by atoms with E-state index in [0.29, 0.717) is 48.3 Å². The normalized spacial score (nSPS) is 13.4. The summed E-state index contributed by atoms with van der Waals surface area (Å²) in [5.41, 5.74) is 1.29. The highest BCUT2D eigenvalue weighted by Crippen LogP contribution is 2.29. The Labute approximate surface area is 212 Å². The van der Waals surface area contributed by atoms with Crippen LogP contribution in [0.4, 0.5) is 5.82 Å². The van der Waals surface area contributed by atoms with Crippen molar-refractivity contribution >= 4 is 46.5 Å². The molecule has 1 aromatic heterocycles. The Bertz CT molecular complexity index is 1260. The molecule has 2 aromatic carbocycles. The number of benzene rings is 2. The molecule has 0 unspecified atom stereocenters. The van der Waals surface area contributed by atoms with Crippen LogP contribution in [0.25, 0.3) is 0 Å². The first-order valence-electron chi connectivity index (χ1n) is 10.8. The number of amidine groups is 1. The van der Waals surface area contributed by atoms with Crippen LogP contribution >= 0.6 is 23.2 Å². The standard InChI is InChI=1S/C25H22Cl2N4O4/c26-17-5-6-23(29-14-17)30-25(34)20-11-18(27)12-22(33)19(20)13-21(32)15-1-3-16(4-2-15)24(28)31-7-9-35-10-8-31/h1-6,11-12,14,28,33H,7-10,13H2,(H,29,30,34). The molecule has 35 heavy (non-hydrogen) atoms. The zero-order chi connectivity index (χ0) is 24.9. The van der Waals surface area contributed by atoms with Crippen molar-refractivity contribution in [1.29, 1.82) is 5.41 Å². The maximum Gasteiger partial charge on any atom is 0.257 e. The fraction of sp³-hybridized carbons (Fsp3) is 0.200. The van der Waals surface area contributed by atoms with Gasteiger partial charge in [0, 0.05) is 53.0 Å². The molecule has 0 saturated carbocycles. The predicted octanol–water partition coefficient (Wildman–Crippen LogP) is 4.43. The molecule has 1 aliphatic rings. The van der Waals surface area contributed by atoms with Gasteiger partial charge in [-0.05, 0) is 24.3 Å². The quantitative estimate of drug-likeness (QED) is 0.255.